The lowest BCUT2D eigenvalue weighted by Gasteiger charge is -2.38. The van der Waals surface area contributed by atoms with E-state index in [2.05, 4.69) is 5.43 Å². The van der Waals surface area contributed by atoms with Gasteiger partial charge < -0.3 is 36.0 Å². The van der Waals surface area contributed by atoms with Gasteiger partial charge in [-0.2, -0.15) is 13.2 Å². The van der Waals surface area contributed by atoms with Gasteiger partial charge in [-0.05, 0) is 60.9 Å². The fraction of sp³-hybridized carbons (Fsp3) is 0.486. The molecule has 2 aromatic carbocycles. The molecule has 0 aromatic heterocycles. The van der Waals surface area contributed by atoms with E-state index in [0.29, 0.717) is 5.75 Å². The maximum absolute atomic E-state index is 14.5. The van der Waals surface area contributed by atoms with E-state index in [9.17, 15) is 67.5 Å². The molecule has 0 bridgehead atoms. The molecule has 53 heavy (non-hydrogen) atoms. The fourth-order valence-corrected chi connectivity index (χ4v) is 6.32. The normalized spacial score (nSPS) is 20.3. The van der Waals surface area contributed by atoms with Crippen LogP contribution in [0.15, 0.2) is 48.5 Å². The summed E-state index contributed by atoms with van der Waals surface area (Å²) in [4.78, 5) is 78.3. The molecular formula is C35H42F3N3O12. The van der Waals surface area contributed by atoms with E-state index in [0.717, 1.165) is 18.2 Å². The summed E-state index contributed by atoms with van der Waals surface area (Å²) in [5, 5.41) is 52.3. The molecule has 2 amide bonds. The number of carboxylic acids is 3. The Balaban J connectivity index is 2.10. The van der Waals surface area contributed by atoms with Gasteiger partial charge in [0.1, 0.15) is 17.8 Å². The number of carbonyl (C=O) groups is 6. The average molecular weight is 754 g/mol. The summed E-state index contributed by atoms with van der Waals surface area (Å²) in [6.45, 7) is 2.68. The van der Waals surface area contributed by atoms with Crippen LogP contribution in [0.25, 0.3) is 0 Å². The predicted molar refractivity (Wildman–Crippen MR) is 176 cm³/mol. The summed E-state index contributed by atoms with van der Waals surface area (Å²) in [6.07, 6.45) is -10.8. The summed E-state index contributed by atoms with van der Waals surface area (Å²) in [5.74, 6) is -15.7. The minimum Gasteiger partial charge on any atom is -0.497 e. The number of nitrogens with one attached hydrogen (secondary N) is 1. The zero-order chi connectivity index (χ0) is 39.9. The molecule has 15 nitrogen and oxygen atoms in total. The maximum Gasteiger partial charge on any atom is 0.416 e. The second-order valence-corrected chi connectivity index (χ2v) is 13.3. The number of aliphatic carboxylic acids is 3. The van der Waals surface area contributed by atoms with Crippen LogP contribution in [0.3, 0.4) is 0 Å². The standard InChI is InChI=1S/C35H42F3N3O12/c1-16(2)26(34(51)52)41(40-30(45)19-13-20(32(47)48)15-21(14-19)33(49)50)31(46)25(29(44)27(42)18-7-9-23(53-3)10-8-18)28(43)24(39)12-17-5-4-6-22(11-17)35(36,37)38/h4-11,16,19-21,24-28,42-43H,12-15,39H2,1-3H3,(H,40,45)(H,47,48)(H,49,50)(H,51,52)/t19?,20-,21+,24-,25?,26-,27?,28+/m0/s1. The molecule has 0 radical (unpaired) electrons. The zero-order valence-electron chi connectivity index (χ0n) is 28.9. The number of rotatable bonds is 15. The smallest absolute Gasteiger partial charge is 0.416 e. The van der Waals surface area contributed by atoms with Crippen molar-refractivity contribution in [1.82, 2.24) is 10.4 Å². The van der Waals surface area contributed by atoms with Crippen LogP contribution in [0.1, 0.15) is 55.9 Å². The first-order valence-corrected chi connectivity index (χ1v) is 16.4. The highest BCUT2D eigenvalue weighted by Crippen LogP contribution is 2.35. The number of hydrogen-bond donors (Lipinski definition) is 7. The van der Waals surface area contributed by atoms with Crippen LogP contribution in [0.5, 0.6) is 5.75 Å². The monoisotopic (exact) mass is 753 g/mol. The number of carboxylic acid groups (broad SMARTS) is 3. The number of hydrazine groups is 1. The lowest BCUT2D eigenvalue weighted by molar-refractivity contribution is -0.167. The van der Waals surface area contributed by atoms with Gasteiger partial charge in [0.2, 0.25) is 5.91 Å². The van der Waals surface area contributed by atoms with Gasteiger partial charge in [-0.1, -0.05) is 44.2 Å². The Kier molecular flexibility index (Phi) is 14.1. The number of nitrogens with two attached hydrogens (primary N) is 1. The summed E-state index contributed by atoms with van der Waals surface area (Å²) >= 11 is 0. The van der Waals surface area contributed by atoms with Crippen molar-refractivity contribution in [3.05, 3.63) is 65.2 Å². The summed E-state index contributed by atoms with van der Waals surface area (Å²) in [5.41, 5.74) is 7.09. The van der Waals surface area contributed by atoms with Crippen molar-refractivity contribution in [3.63, 3.8) is 0 Å². The van der Waals surface area contributed by atoms with Crippen molar-refractivity contribution in [2.45, 2.75) is 70.0 Å². The Morgan fingerprint density at radius 3 is 1.92 bits per heavy atom. The number of Topliss-reactive ketones (excluding diaryl/α,β-unsaturated/α-hetero) is 1. The fourth-order valence-electron chi connectivity index (χ4n) is 6.32. The highest BCUT2D eigenvalue weighted by molar-refractivity contribution is 6.05. The van der Waals surface area contributed by atoms with Crippen molar-refractivity contribution in [3.8, 4) is 5.75 Å². The molecule has 8 N–H and O–H groups in total. The Hall–Kier alpha value is -5.07. The number of aliphatic hydroxyl groups is 2. The van der Waals surface area contributed by atoms with Crippen LogP contribution in [0.2, 0.25) is 0 Å². The lowest BCUT2D eigenvalue weighted by Crippen LogP contribution is -2.63. The molecule has 0 aliphatic heterocycles. The van der Waals surface area contributed by atoms with E-state index in [1.54, 1.807) is 0 Å². The number of carbonyl (C=O) groups excluding carboxylic acids is 3. The van der Waals surface area contributed by atoms with Crippen molar-refractivity contribution in [2.24, 2.45) is 35.3 Å². The molecule has 3 rings (SSSR count). The van der Waals surface area contributed by atoms with E-state index in [1.807, 2.05) is 0 Å². The Bertz CT molecular complexity index is 1650. The third-order valence-corrected chi connectivity index (χ3v) is 9.19. The van der Waals surface area contributed by atoms with Gasteiger partial charge in [0.15, 0.2) is 11.8 Å². The number of ether oxygens (including phenoxy) is 1. The van der Waals surface area contributed by atoms with Crippen LogP contribution in [0.4, 0.5) is 13.2 Å². The number of alkyl halides is 3. The SMILES string of the molecule is COc1ccc(C(O)C(=O)C(C(=O)N(NC(=O)C2C[C@@H](C(=O)O)C[C@@H](C(=O)O)C2)[C@H](C(=O)O)C(C)C)[C@H](O)[C@@H](N)Cc2cccc(C(F)(F)F)c2)cc1. The largest absolute Gasteiger partial charge is 0.497 e. The van der Waals surface area contributed by atoms with Crippen LogP contribution in [0, 0.1) is 29.6 Å². The summed E-state index contributed by atoms with van der Waals surface area (Å²) in [6, 6.07) is 5.44. The van der Waals surface area contributed by atoms with E-state index in [-0.39, 0.29) is 35.4 Å². The van der Waals surface area contributed by atoms with Crippen LogP contribution in [-0.4, -0.2) is 91.3 Å². The lowest BCUT2D eigenvalue weighted by atomic mass is 9.75. The molecule has 0 heterocycles. The third-order valence-electron chi connectivity index (χ3n) is 9.19. The molecule has 0 spiro atoms. The minimum atomic E-state index is -4.75. The Labute approximate surface area is 301 Å². The second kappa shape index (κ2) is 17.6. The number of ketones is 1. The molecule has 8 atom stereocenters. The molecule has 1 aliphatic carbocycles. The van der Waals surface area contributed by atoms with Crippen molar-refractivity contribution >= 4 is 35.5 Å². The van der Waals surface area contributed by atoms with Gasteiger partial charge in [0, 0.05) is 12.0 Å². The molecule has 0 saturated heterocycles. The highest BCUT2D eigenvalue weighted by Gasteiger charge is 2.48. The zero-order valence-corrected chi connectivity index (χ0v) is 28.9. The third kappa shape index (κ3) is 10.5. The van der Waals surface area contributed by atoms with Crippen LogP contribution < -0.4 is 15.9 Å². The number of hydrogen-bond acceptors (Lipinski definition) is 10. The quantitative estimate of drug-likeness (QED) is 0.102. The molecule has 1 fully saturated rings. The second-order valence-electron chi connectivity index (χ2n) is 13.3. The Morgan fingerprint density at radius 1 is 0.906 bits per heavy atom. The number of aliphatic hydroxyl groups excluding tert-OH is 2. The van der Waals surface area contributed by atoms with E-state index in [1.165, 1.54) is 51.3 Å². The van der Waals surface area contributed by atoms with E-state index < -0.39 is 108 Å². The van der Waals surface area contributed by atoms with Gasteiger partial charge in [0.05, 0.1) is 30.6 Å². The van der Waals surface area contributed by atoms with Crippen molar-refractivity contribution in [1.29, 1.82) is 0 Å². The van der Waals surface area contributed by atoms with Gasteiger partial charge >= 0.3 is 24.1 Å². The van der Waals surface area contributed by atoms with Gasteiger partial charge in [-0.15, -0.1) is 0 Å². The summed E-state index contributed by atoms with van der Waals surface area (Å²) in [7, 11) is 1.35. The van der Waals surface area contributed by atoms with Crippen LogP contribution >= 0.6 is 0 Å². The molecule has 1 saturated carbocycles. The van der Waals surface area contributed by atoms with Gasteiger partial charge in [0.25, 0.3) is 5.91 Å². The maximum atomic E-state index is 14.5. The number of amides is 2. The topological polar surface area (TPSA) is 254 Å². The molecule has 1 aliphatic rings. The number of nitrogens with zero attached hydrogens (tertiary/aromatic N) is 1. The van der Waals surface area contributed by atoms with E-state index in [4.69, 9.17) is 10.5 Å². The first-order valence-electron chi connectivity index (χ1n) is 16.4. The molecular weight excluding hydrogens is 711 g/mol. The summed E-state index contributed by atoms with van der Waals surface area (Å²) < 4.78 is 45.3. The molecule has 18 heteroatoms. The van der Waals surface area contributed by atoms with Crippen molar-refractivity contribution in [2.75, 3.05) is 7.11 Å². The first-order chi connectivity index (χ1) is 24.7. The Morgan fingerprint density at radius 2 is 1.45 bits per heavy atom. The number of halogens is 3. The van der Waals surface area contributed by atoms with Crippen molar-refractivity contribution < 1.29 is 72.2 Å². The minimum absolute atomic E-state index is 0.0604. The van der Waals surface area contributed by atoms with Crippen LogP contribution in [-0.2, 0) is 41.4 Å². The highest BCUT2D eigenvalue weighted by atomic mass is 19.4. The molecule has 2 aromatic rings. The predicted octanol–water partition coefficient (Wildman–Crippen LogP) is 2.03. The molecule has 3 unspecified atom stereocenters. The number of methoxy groups -OCH3 is 1. The van der Waals surface area contributed by atoms with E-state index >= 15 is 0 Å². The molecule has 290 valence electrons. The first kappa shape index (κ1) is 42.3. The van der Waals surface area contributed by atoms with Gasteiger partial charge in [-0.25, -0.2) is 9.80 Å². The average Bonchev–Trinajstić information content (AvgIpc) is 3.09. The van der Waals surface area contributed by atoms with Gasteiger partial charge in [-0.3, -0.25) is 29.4 Å². The number of benzene rings is 2.